The molecule has 3 nitrogen and oxygen atoms in total. The standard InChI is InChI=1S/C15H21N3/c1-11-17-15-13(6-3-7-14(15)18(11)2)9-12-5-4-8-16-10-12/h3,6-7,12,16H,4-5,8-10H2,1-2H3. The minimum Gasteiger partial charge on any atom is -0.331 e. The second-order valence-electron chi connectivity index (χ2n) is 5.42. The Balaban J connectivity index is 1.93. The molecular weight excluding hydrogens is 222 g/mol. The van der Waals surface area contributed by atoms with Gasteiger partial charge in [0.05, 0.1) is 11.0 Å². The smallest absolute Gasteiger partial charge is 0.106 e. The van der Waals surface area contributed by atoms with Crippen LogP contribution in [0.2, 0.25) is 0 Å². The summed E-state index contributed by atoms with van der Waals surface area (Å²) in [6.45, 7) is 4.41. The maximum atomic E-state index is 4.72. The van der Waals surface area contributed by atoms with Crippen molar-refractivity contribution < 1.29 is 0 Å². The second kappa shape index (κ2) is 4.73. The number of nitrogens with zero attached hydrogens (tertiary/aromatic N) is 2. The van der Waals surface area contributed by atoms with Crippen molar-refractivity contribution in [2.45, 2.75) is 26.2 Å². The summed E-state index contributed by atoms with van der Waals surface area (Å²) in [6, 6.07) is 6.57. The van der Waals surface area contributed by atoms with Gasteiger partial charge in [-0.2, -0.15) is 0 Å². The van der Waals surface area contributed by atoms with Gasteiger partial charge in [0.2, 0.25) is 0 Å². The number of rotatable bonds is 2. The molecule has 1 fully saturated rings. The number of fused-ring (bicyclic) bond motifs is 1. The van der Waals surface area contributed by atoms with Crippen LogP contribution in [0.5, 0.6) is 0 Å². The van der Waals surface area contributed by atoms with Crippen LogP contribution in [0.4, 0.5) is 0 Å². The monoisotopic (exact) mass is 243 g/mol. The van der Waals surface area contributed by atoms with Gasteiger partial charge in [-0.3, -0.25) is 0 Å². The van der Waals surface area contributed by atoms with Gasteiger partial charge in [-0.15, -0.1) is 0 Å². The Bertz CT molecular complexity index is 550. The van der Waals surface area contributed by atoms with Crippen molar-refractivity contribution in [2.24, 2.45) is 13.0 Å². The van der Waals surface area contributed by atoms with Gasteiger partial charge in [-0.1, -0.05) is 12.1 Å². The summed E-state index contributed by atoms with van der Waals surface area (Å²) < 4.78 is 2.18. The molecular formula is C15H21N3. The van der Waals surface area contributed by atoms with E-state index < -0.39 is 0 Å². The Morgan fingerprint density at radius 2 is 2.33 bits per heavy atom. The van der Waals surface area contributed by atoms with Crippen molar-refractivity contribution in [3.05, 3.63) is 29.6 Å². The SMILES string of the molecule is Cc1nc2c(CC3CCCNC3)cccc2n1C. The molecule has 0 aliphatic carbocycles. The van der Waals surface area contributed by atoms with Crippen molar-refractivity contribution in [3.8, 4) is 0 Å². The van der Waals surface area contributed by atoms with E-state index in [0.717, 1.165) is 24.7 Å². The molecule has 0 saturated carbocycles. The zero-order chi connectivity index (χ0) is 12.5. The second-order valence-corrected chi connectivity index (χ2v) is 5.42. The highest BCUT2D eigenvalue weighted by Gasteiger charge is 2.16. The molecule has 96 valence electrons. The zero-order valence-corrected chi connectivity index (χ0v) is 11.2. The molecule has 2 aromatic rings. The fourth-order valence-electron chi connectivity index (χ4n) is 2.96. The molecule has 18 heavy (non-hydrogen) atoms. The highest BCUT2D eigenvalue weighted by molar-refractivity contribution is 5.79. The van der Waals surface area contributed by atoms with E-state index in [4.69, 9.17) is 4.98 Å². The molecule has 1 unspecified atom stereocenters. The van der Waals surface area contributed by atoms with Gasteiger partial charge in [0.15, 0.2) is 0 Å². The number of aromatic nitrogens is 2. The van der Waals surface area contributed by atoms with E-state index in [1.165, 1.54) is 36.0 Å². The molecule has 1 N–H and O–H groups in total. The molecule has 1 aliphatic rings. The van der Waals surface area contributed by atoms with E-state index in [9.17, 15) is 0 Å². The Labute approximate surface area is 108 Å². The van der Waals surface area contributed by atoms with Gasteiger partial charge in [0.1, 0.15) is 5.82 Å². The van der Waals surface area contributed by atoms with Crippen molar-refractivity contribution in [2.75, 3.05) is 13.1 Å². The first-order valence-corrected chi connectivity index (χ1v) is 6.87. The summed E-state index contributed by atoms with van der Waals surface area (Å²) in [5.74, 6) is 1.87. The molecule has 1 atom stereocenters. The first kappa shape index (κ1) is 11.7. The molecule has 0 bridgehead atoms. The predicted molar refractivity (Wildman–Crippen MR) is 74.7 cm³/mol. The van der Waals surface area contributed by atoms with Crippen LogP contribution in [0, 0.1) is 12.8 Å². The molecule has 1 saturated heterocycles. The van der Waals surface area contributed by atoms with Gasteiger partial charge in [-0.25, -0.2) is 4.98 Å². The van der Waals surface area contributed by atoms with E-state index in [-0.39, 0.29) is 0 Å². The van der Waals surface area contributed by atoms with Gasteiger partial charge in [-0.05, 0) is 56.8 Å². The Hall–Kier alpha value is -1.35. The molecule has 1 aromatic heterocycles. The van der Waals surface area contributed by atoms with Crippen LogP contribution in [0.15, 0.2) is 18.2 Å². The maximum absolute atomic E-state index is 4.72. The van der Waals surface area contributed by atoms with Crippen molar-refractivity contribution in [3.63, 3.8) is 0 Å². The van der Waals surface area contributed by atoms with Crippen molar-refractivity contribution >= 4 is 11.0 Å². The van der Waals surface area contributed by atoms with Crippen molar-refractivity contribution in [1.29, 1.82) is 0 Å². The Kier molecular flexibility index (Phi) is 3.08. The number of hydrogen-bond donors (Lipinski definition) is 1. The molecule has 2 heterocycles. The third-order valence-electron chi connectivity index (χ3n) is 4.13. The summed E-state index contributed by atoms with van der Waals surface area (Å²) in [5, 5.41) is 3.49. The normalized spacial score (nSPS) is 20.4. The van der Waals surface area contributed by atoms with E-state index in [2.05, 4.69) is 42.1 Å². The minimum absolute atomic E-state index is 0.770. The number of benzene rings is 1. The average Bonchev–Trinajstić information content (AvgIpc) is 2.69. The third-order valence-corrected chi connectivity index (χ3v) is 4.13. The number of piperidine rings is 1. The van der Waals surface area contributed by atoms with Crippen LogP contribution in [-0.2, 0) is 13.5 Å². The van der Waals surface area contributed by atoms with Crippen LogP contribution in [0.25, 0.3) is 11.0 Å². The van der Waals surface area contributed by atoms with Crippen LogP contribution in [0.1, 0.15) is 24.2 Å². The number of hydrogen-bond acceptors (Lipinski definition) is 2. The fourth-order valence-corrected chi connectivity index (χ4v) is 2.96. The lowest BCUT2D eigenvalue weighted by molar-refractivity contribution is 0.376. The highest BCUT2D eigenvalue weighted by atomic mass is 15.0. The molecule has 0 amide bonds. The summed E-state index contributed by atoms with van der Waals surface area (Å²) in [7, 11) is 2.09. The third kappa shape index (κ3) is 2.03. The van der Waals surface area contributed by atoms with E-state index in [1.54, 1.807) is 0 Å². The number of nitrogens with one attached hydrogen (secondary N) is 1. The number of aryl methyl sites for hydroxylation is 2. The van der Waals surface area contributed by atoms with Gasteiger partial charge < -0.3 is 9.88 Å². The summed E-state index contributed by atoms with van der Waals surface area (Å²) in [5.41, 5.74) is 3.86. The fraction of sp³-hybridized carbons (Fsp3) is 0.533. The Morgan fingerprint density at radius 1 is 1.44 bits per heavy atom. The first-order chi connectivity index (χ1) is 8.75. The molecule has 3 heteroatoms. The van der Waals surface area contributed by atoms with Crippen LogP contribution < -0.4 is 5.32 Å². The predicted octanol–water partition coefficient (Wildman–Crippen LogP) is 2.42. The molecule has 1 aliphatic heterocycles. The topological polar surface area (TPSA) is 29.9 Å². The maximum Gasteiger partial charge on any atom is 0.106 e. The average molecular weight is 243 g/mol. The number of imidazole rings is 1. The Morgan fingerprint density at radius 3 is 3.11 bits per heavy atom. The van der Waals surface area contributed by atoms with Gasteiger partial charge in [0, 0.05) is 7.05 Å². The highest BCUT2D eigenvalue weighted by Crippen LogP contribution is 2.23. The lowest BCUT2D eigenvalue weighted by atomic mass is 9.92. The summed E-state index contributed by atoms with van der Waals surface area (Å²) >= 11 is 0. The number of para-hydroxylation sites is 1. The largest absolute Gasteiger partial charge is 0.331 e. The van der Waals surface area contributed by atoms with E-state index >= 15 is 0 Å². The van der Waals surface area contributed by atoms with E-state index in [0.29, 0.717) is 0 Å². The lowest BCUT2D eigenvalue weighted by Gasteiger charge is -2.22. The first-order valence-electron chi connectivity index (χ1n) is 6.87. The lowest BCUT2D eigenvalue weighted by Crippen LogP contribution is -2.30. The van der Waals surface area contributed by atoms with E-state index in [1.807, 2.05) is 0 Å². The minimum atomic E-state index is 0.770. The quantitative estimate of drug-likeness (QED) is 0.878. The molecule has 0 spiro atoms. The van der Waals surface area contributed by atoms with Crippen LogP contribution in [0.3, 0.4) is 0 Å². The van der Waals surface area contributed by atoms with Crippen LogP contribution >= 0.6 is 0 Å². The zero-order valence-electron chi connectivity index (χ0n) is 11.2. The van der Waals surface area contributed by atoms with Gasteiger partial charge in [0.25, 0.3) is 0 Å². The summed E-state index contributed by atoms with van der Waals surface area (Å²) in [6.07, 6.45) is 3.80. The van der Waals surface area contributed by atoms with Crippen molar-refractivity contribution in [1.82, 2.24) is 14.9 Å². The van der Waals surface area contributed by atoms with Crippen LogP contribution in [-0.4, -0.2) is 22.6 Å². The molecule has 0 radical (unpaired) electrons. The van der Waals surface area contributed by atoms with Gasteiger partial charge >= 0.3 is 0 Å². The molecule has 1 aromatic carbocycles. The summed E-state index contributed by atoms with van der Waals surface area (Å²) in [4.78, 5) is 4.72. The molecule has 3 rings (SSSR count).